The molecule has 0 fully saturated rings. The fraction of sp³-hybridized carbons (Fsp3) is 0.100. The van der Waals surface area contributed by atoms with Gasteiger partial charge in [-0.2, -0.15) is 5.26 Å². The maximum atomic E-state index is 11.3. The summed E-state index contributed by atoms with van der Waals surface area (Å²) in [6, 6.07) is 4.66. The molecule has 0 aromatic carbocycles. The molecule has 0 radical (unpaired) electrons. The first-order valence-corrected chi connectivity index (χ1v) is 4.07. The highest BCUT2D eigenvalue weighted by molar-refractivity contribution is 5.94. The average molecular weight is 204 g/mol. The number of hydrogen-bond donors (Lipinski definition) is 1. The second-order valence-corrected chi connectivity index (χ2v) is 2.65. The van der Waals surface area contributed by atoms with E-state index in [2.05, 4.69) is 4.98 Å². The Hall–Kier alpha value is -2.35. The molecule has 0 bridgehead atoms. The third-order valence-corrected chi connectivity index (χ3v) is 1.52. The summed E-state index contributed by atoms with van der Waals surface area (Å²) in [4.78, 5) is 15.0. The Balaban J connectivity index is 2.82. The molecule has 0 atom stereocenters. The molecule has 1 aromatic heterocycles. The summed E-state index contributed by atoms with van der Waals surface area (Å²) in [6.45, 7) is 1.24. The minimum atomic E-state index is -0.898. The van der Waals surface area contributed by atoms with Gasteiger partial charge in [-0.15, -0.1) is 0 Å². The molecule has 0 saturated carbocycles. The van der Waals surface area contributed by atoms with Gasteiger partial charge < -0.3 is 9.84 Å². The Kier molecular flexibility index (Phi) is 3.41. The van der Waals surface area contributed by atoms with Gasteiger partial charge in [0.2, 0.25) is 0 Å². The number of rotatable bonds is 2. The minimum Gasteiger partial charge on any atom is -0.511 e. The molecule has 0 spiro atoms. The fourth-order valence-corrected chi connectivity index (χ4v) is 0.840. The lowest BCUT2D eigenvalue weighted by Gasteiger charge is -2.02. The Labute approximate surface area is 86.2 Å². The maximum Gasteiger partial charge on any atom is 0.357 e. The van der Waals surface area contributed by atoms with E-state index in [-0.39, 0.29) is 11.5 Å². The van der Waals surface area contributed by atoms with Gasteiger partial charge in [0.25, 0.3) is 0 Å². The van der Waals surface area contributed by atoms with Crippen molar-refractivity contribution < 1.29 is 14.6 Å². The van der Waals surface area contributed by atoms with Gasteiger partial charge in [-0.3, -0.25) is 4.98 Å². The van der Waals surface area contributed by atoms with Crippen molar-refractivity contribution in [2.24, 2.45) is 0 Å². The second kappa shape index (κ2) is 4.77. The summed E-state index contributed by atoms with van der Waals surface area (Å²) < 4.78 is 4.79. The fourth-order valence-electron chi connectivity index (χ4n) is 0.840. The lowest BCUT2D eigenvalue weighted by atomic mass is 10.2. The van der Waals surface area contributed by atoms with Crippen molar-refractivity contribution in [1.29, 1.82) is 5.26 Å². The zero-order valence-corrected chi connectivity index (χ0v) is 7.97. The lowest BCUT2D eigenvalue weighted by molar-refractivity contribution is -0.129. The molecule has 0 aliphatic rings. The van der Waals surface area contributed by atoms with Gasteiger partial charge >= 0.3 is 5.97 Å². The predicted molar refractivity (Wildman–Crippen MR) is 50.8 cm³/mol. The molecule has 1 aromatic rings. The number of hydrogen-bond acceptors (Lipinski definition) is 5. The SMILES string of the molecule is CC(O)=C(C#N)C(=O)Oc1cccnc1. The summed E-state index contributed by atoms with van der Waals surface area (Å²) in [7, 11) is 0. The van der Waals surface area contributed by atoms with Gasteiger partial charge in [0.05, 0.1) is 6.20 Å². The molecule has 15 heavy (non-hydrogen) atoms. The third kappa shape index (κ3) is 2.81. The number of carbonyl (C=O) groups is 1. The van der Waals surface area contributed by atoms with E-state index < -0.39 is 11.5 Å². The highest BCUT2D eigenvalue weighted by Crippen LogP contribution is 2.10. The van der Waals surface area contributed by atoms with E-state index in [1.807, 2.05) is 0 Å². The second-order valence-electron chi connectivity index (χ2n) is 2.65. The van der Waals surface area contributed by atoms with Crippen molar-refractivity contribution in [1.82, 2.24) is 4.98 Å². The number of aliphatic hydroxyl groups excluding tert-OH is 1. The predicted octanol–water partition coefficient (Wildman–Crippen LogP) is 1.34. The van der Waals surface area contributed by atoms with E-state index in [1.54, 1.807) is 12.1 Å². The quantitative estimate of drug-likeness (QED) is 0.340. The van der Waals surface area contributed by atoms with Crippen LogP contribution in [0, 0.1) is 11.3 Å². The Morgan fingerprint density at radius 2 is 2.40 bits per heavy atom. The van der Waals surface area contributed by atoms with Gasteiger partial charge in [0.15, 0.2) is 5.57 Å². The Morgan fingerprint density at radius 1 is 1.67 bits per heavy atom. The summed E-state index contributed by atoms with van der Waals surface area (Å²) in [5, 5.41) is 17.6. The molecule has 0 aliphatic carbocycles. The van der Waals surface area contributed by atoms with Crippen LogP contribution < -0.4 is 4.74 Å². The Morgan fingerprint density at radius 3 is 2.87 bits per heavy atom. The molecule has 0 aliphatic heterocycles. The van der Waals surface area contributed by atoms with Crippen LogP contribution in [0.25, 0.3) is 0 Å². The molecule has 0 saturated heterocycles. The first kappa shape index (κ1) is 10.7. The van der Waals surface area contributed by atoms with Gasteiger partial charge in [-0.05, 0) is 19.1 Å². The van der Waals surface area contributed by atoms with Crippen LogP contribution >= 0.6 is 0 Å². The number of esters is 1. The normalized spacial score (nSPS) is 11.2. The van der Waals surface area contributed by atoms with Gasteiger partial charge in [-0.25, -0.2) is 4.79 Å². The molecule has 1 N–H and O–H groups in total. The molecule has 5 nitrogen and oxygen atoms in total. The minimum absolute atomic E-state index is 0.219. The topological polar surface area (TPSA) is 83.2 Å². The molecule has 0 amide bonds. The van der Waals surface area contributed by atoms with Crippen LogP contribution in [0.1, 0.15) is 6.92 Å². The number of pyridine rings is 1. The monoisotopic (exact) mass is 204 g/mol. The summed E-state index contributed by atoms with van der Waals surface area (Å²) in [5.74, 6) is -1.05. The Bertz CT molecular complexity index is 428. The summed E-state index contributed by atoms with van der Waals surface area (Å²) in [5.41, 5.74) is -0.418. The van der Waals surface area contributed by atoms with Crippen LogP contribution in [0.5, 0.6) is 5.75 Å². The van der Waals surface area contributed by atoms with Crippen LogP contribution in [0.3, 0.4) is 0 Å². The van der Waals surface area contributed by atoms with E-state index in [0.717, 1.165) is 0 Å². The highest BCUT2D eigenvalue weighted by Gasteiger charge is 2.14. The van der Waals surface area contributed by atoms with Crippen molar-refractivity contribution in [2.75, 3.05) is 0 Å². The van der Waals surface area contributed by atoms with E-state index >= 15 is 0 Å². The van der Waals surface area contributed by atoms with E-state index in [4.69, 9.17) is 15.1 Å². The highest BCUT2D eigenvalue weighted by atomic mass is 16.5. The van der Waals surface area contributed by atoms with E-state index in [9.17, 15) is 4.79 Å². The van der Waals surface area contributed by atoms with E-state index in [0.29, 0.717) is 0 Å². The van der Waals surface area contributed by atoms with Crippen LogP contribution in [0.2, 0.25) is 0 Å². The zero-order chi connectivity index (χ0) is 11.3. The third-order valence-electron chi connectivity index (χ3n) is 1.52. The number of ether oxygens (including phenoxy) is 1. The molecule has 1 rings (SSSR count). The van der Waals surface area contributed by atoms with E-state index in [1.165, 1.54) is 25.4 Å². The molecular formula is C10H8N2O3. The molecule has 5 heteroatoms. The van der Waals surface area contributed by atoms with Crippen molar-refractivity contribution in [2.45, 2.75) is 6.92 Å². The number of nitriles is 1. The molecular weight excluding hydrogens is 196 g/mol. The number of aromatic nitrogens is 1. The molecule has 76 valence electrons. The molecule has 0 unspecified atom stereocenters. The van der Waals surface area contributed by atoms with Crippen molar-refractivity contribution in [3.05, 3.63) is 35.9 Å². The first-order valence-electron chi connectivity index (χ1n) is 4.07. The van der Waals surface area contributed by atoms with Gasteiger partial charge in [0, 0.05) is 6.20 Å². The summed E-state index contributed by atoms with van der Waals surface area (Å²) in [6.07, 6.45) is 2.86. The smallest absolute Gasteiger partial charge is 0.357 e. The lowest BCUT2D eigenvalue weighted by Crippen LogP contribution is -2.11. The van der Waals surface area contributed by atoms with Crippen molar-refractivity contribution in [3.63, 3.8) is 0 Å². The van der Waals surface area contributed by atoms with Crippen molar-refractivity contribution in [3.8, 4) is 11.8 Å². The average Bonchev–Trinajstić information content (AvgIpc) is 2.19. The summed E-state index contributed by atoms with van der Waals surface area (Å²) >= 11 is 0. The van der Waals surface area contributed by atoms with Gasteiger partial charge in [-0.1, -0.05) is 0 Å². The molecule has 1 heterocycles. The zero-order valence-electron chi connectivity index (χ0n) is 7.97. The van der Waals surface area contributed by atoms with Gasteiger partial charge in [0.1, 0.15) is 17.6 Å². The number of allylic oxidation sites excluding steroid dienone is 1. The first-order chi connectivity index (χ1) is 7.15. The maximum absolute atomic E-state index is 11.3. The largest absolute Gasteiger partial charge is 0.511 e. The van der Waals surface area contributed by atoms with Crippen LogP contribution in [-0.4, -0.2) is 16.1 Å². The number of aliphatic hydroxyl groups is 1. The van der Waals surface area contributed by atoms with Crippen LogP contribution in [0.4, 0.5) is 0 Å². The van der Waals surface area contributed by atoms with Crippen LogP contribution in [0.15, 0.2) is 35.9 Å². The number of nitrogens with zero attached hydrogens (tertiary/aromatic N) is 2. The van der Waals surface area contributed by atoms with Crippen LogP contribution in [-0.2, 0) is 4.79 Å². The van der Waals surface area contributed by atoms with Crippen molar-refractivity contribution >= 4 is 5.97 Å². The number of carbonyl (C=O) groups excluding carboxylic acids is 1. The standard InChI is InChI=1S/C10H8N2O3/c1-7(13)9(5-11)10(14)15-8-3-2-4-12-6-8/h2-4,6,13H,1H3.